The number of methoxy groups -OCH3 is 1. The quantitative estimate of drug-likeness (QED) is 0.579. The average Bonchev–Trinajstić information content (AvgIpc) is 3.13. The number of Topliss-reactive ketones (excluding diaryl/α,β-unsaturated/α-hetero) is 1. The SMILES string of the molecule is COc1ccc(C(=O)CCNC2CC2)cc1N. The van der Waals surface area contributed by atoms with Gasteiger partial charge in [-0.15, -0.1) is 0 Å². The molecule has 1 aromatic carbocycles. The van der Waals surface area contributed by atoms with E-state index in [0.717, 1.165) is 6.54 Å². The van der Waals surface area contributed by atoms with Crippen molar-refractivity contribution in [2.45, 2.75) is 25.3 Å². The Hall–Kier alpha value is -1.55. The average molecular weight is 234 g/mol. The lowest BCUT2D eigenvalue weighted by Crippen LogP contribution is -2.20. The lowest BCUT2D eigenvalue weighted by atomic mass is 10.1. The highest BCUT2D eigenvalue weighted by molar-refractivity contribution is 5.97. The number of hydrogen-bond donors (Lipinski definition) is 2. The van der Waals surface area contributed by atoms with Crippen molar-refractivity contribution >= 4 is 11.5 Å². The van der Waals surface area contributed by atoms with Crippen molar-refractivity contribution in [3.8, 4) is 5.75 Å². The summed E-state index contributed by atoms with van der Waals surface area (Å²) in [5.41, 5.74) is 6.93. The van der Waals surface area contributed by atoms with E-state index in [-0.39, 0.29) is 5.78 Å². The van der Waals surface area contributed by atoms with Gasteiger partial charge in [0.1, 0.15) is 5.75 Å². The van der Waals surface area contributed by atoms with E-state index >= 15 is 0 Å². The molecule has 4 nitrogen and oxygen atoms in total. The van der Waals surface area contributed by atoms with Gasteiger partial charge in [-0.3, -0.25) is 4.79 Å². The van der Waals surface area contributed by atoms with E-state index in [1.54, 1.807) is 25.3 Å². The highest BCUT2D eigenvalue weighted by Crippen LogP contribution is 2.22. The Labute approximate surface area is 101 Å². The summed E-state index contributed by atoms with van der Waals surface area (Å²) in [5.74, 6) is 0.727. The molecule has 0 atom stereocenters. The Morgan fingerprint density at radius 2 is 2.29 bits per heavy atom. The van der Waals surface area contributed by atoms with Crippen molar-refractivity contribution in [1.82, 2.24) is 5.32 Å². The van der Waals surface area contributed by atoms with Crippen LogP contribution in [0.15, 0.2) is 18.2 Å². The van der Waals surface area contributed by atoms with Crippen LogP contribution in [-0.4, -0.2) is 25.5 Å². The molecule has 0 amide bonds. The second-order valence-electron chi connectivity index (χ2n) is 4.36. The molecule has 1 aliphatic rings. The summed E-state index contributed by atoms with van der Waals surface area (Å²) in [6.07, 6.45) is 3.00. The highest BCUT2D eigenvalue weighted by atomic mass is 16.5. The van der Waals surface area contributed by atoms with E-state index in [0.29, 0.717) is 29.5 Å². The van der Waals surface area contributed by atoms with Gasteiger partial charge < -0.3 is 15.8 Å². The van der Waals surface area contributed by atoms with Crippen molar-refractivity contribution < 1.29 is 9.53 Å². The van der Waals surface area contributed by atoms with E-state index in [1.807, 2.05) is 0 Å². The number of nitrogens with one attached hydrogen (secondary N) is 1. The first-order chi connectivity index (χ1) is 8.20. The molecule has 92 valence electrons. The standard InChI is InChI=1S/C13H18N2O2/c1-17-13-5-2-9(8-11(13)14)12(16)6-7-15-10-3-4-10/h2,5,8,10,15H,3-4,6-7,14H2,1H3. The number of benzene rings is 1. The van der Waals surface area contributed by atoms with Crippen LogP contribution in [0.2, 0.25) is 0 Å². The Balaban J connectivity index is 1.90. The normalized spacial score (nSPS) is 14.6. The lowest BCUT2D eigenvalue weighted by molar-refractivity contribution is 0.0982. The number of carbonyl (C=O) groups is 1. The molecule has 1 saturated carbocycles. The van der Waals surface area contributed by atoms with Gasteiger partial charge in [0.05, 0.1) is 12.8 Å². The topological polar surface area (TPSA) is 64.3 Å². The summed E-state index contributed by atoms with van der Waals surface area (Å²) >= 11 is 0. The van der Waals surface area contributed by atoms with Crippen LogP contribution < -0.4 is 15.8 Å². The summed E-state index contributed by atoms with van der Waals surface area (Å²) < 4.78 is 5.05. The molecule has 0 aliphatic heterocycles. The number of hydrogen-bond acceptors (Lipinski definition) is 4. The zero-order valence-electron chi connectivity index (χ0n) is 10.0. The number of ether oxygens (including phenoxy) is 1. The predicted molar refractivity (Wildman–Crippen MR) is 67.4 cm³/mol. The van der Waals surface area contributed by atoms with E-state index < -0.39 is 0 Å². The Bertz CT molecular complexity index is 414. The van der Waals surface area contributed by atoms with E-state index in [4.69, 9.17) is 10.5 Å². The van der Waals surface area contributed by atoms with Crippen LogP contribution in [0.5, 0.6) is 5.75 Å². The fourth-order valence-corrected chi connectivity index (χ4v) is 1.73. The summed E-state index contributed by atoms with van der Waals surface area (Å²) in [6.45, 7) is 0.745. The highest BCUT2D eigenvalue weighted by Gasteiger charge is 2.20. The number of nitrogens with two attached hydrogens (primary N) is 1. The molecule has 0 heterocycles. The van der Waals surface area contributed by atoms with Gasteiger partial charge in [-0.25, -0.2) is 0 Å². The van der Waals surface area contributed by atoms with Gasteiger partial charge in [0.15, 0.2) is 5.78 Å². The van der Waals surface area contributed by atoms with Gasteiger partial charge in [-0.2, -0.15) is 0 Å². The number of rotatable bonds is 6. The predicted octanol–water partition coefficient (Wildman–Crippen LogP) is 1.60. The molecule has 0 radical (unpaired) electrons. The molecule has 1 aromatic rings. The van der Waals surface area contributed by atoms with Crippen molar-refractivity contribution in [2.24, 2.45) is 0 Å². The molecule has 0 spiro atoms. The van der Waals surface area contributed by atoms with Gasteiger partial charge in [0.25, 0.3) is 0 Å². The molecule has 0 saturated heterocycles. The third-order valence-electron chi connectivity index (χ3n) is 2.91. The van der Waals surface area contributed by atoms with Crippen LogP contribution in [-0.2, 0) is 0 Å². The minimum Gasteiger partial charge on any atom is -0.495 e. The van der Waals surface area contributed by atoms with E-state index in [1.165, 1.54) is 12.8 Å². The second-order valence-corrected chi connectivity index (χ2v) is 4.36. The first-order valence-corrected chi connectivity index (χ1v) is 5.91. The van der Waals surface area contributed by atoms with Crippen molar-refractivity contribution in [1.29, 1.82) is 0 Å². The number of anilines is 1. The van der Waals surface area contributed by atoms with Crippen LogP contribution >= 0.6 is 0 Å². The molecule has 0 unspecified atom stereocenters. The minimum absolute atomic E-state index is 0.118. The van der Waals surface area contributed by atoms with Gasteiger partial charge >= 0.3 is 0 Å². The molecule has 3 N–H and O–H groups in total. The summed E-state index contributed by atoms with van der Waals surface area (Å²) in [7, 11) is 1.56. The molecule has 1 fully saturated rings. The fourth-order valence-electron chi connectivity index (χ4n) is 1.73. The third-order valence-corrected chi connectivity index (χ3v) is 2.91. The number of nitrogen functional groups attached to an aromatic ring is 1. The maximum absolute atomic E-state index is 11.9. The molecular weight excluding hydrogens is 216 g/mol. The Kier molecular flexibility index (Phi) is 3.64. The molecular formula is C13H18N2O2. The maximum Gasteiger partial charge on any atom is 0.164 e. The minimum atomic E-state index is 0.118. The summed E-state index contributed by atoms with van der Waals surface area (Å²) in [5, 5.41) is 3.32. The van der Waals surface area contributed by atoms with Gasteiger partial charge in [-0.05, 0) is 31.0 Å². The van der Waals surface area contributed by atoms with Gasteiger partial charge in [-0.1, -0.05) is 0 Å². The molecule has 4 heteroatoms. The molecule has 0 bridgehead atoms. The van der Waals surface area contributed by atoms with E-state index in [9.17, 15) is 4.79 Å². The second kappa shape index (κ2) is 5.19. The van der Waals surface area contributed by atoms with E-state index in [2.05, 4.69) is 5.32 Å². The zero-order valence-corrected chi connectivity index (χ0v) is 10.0. The van der Waals surface area contributed by atoms with Crippen molar-refractivity contribution in [2.75, 3.05) is 19.4 Å². The van der Waals surface area contributed by atoms with Crippen LogP contribution in [0.3, 0.4) is 0 Å². The number of carbonyl (C=O) groups excluding carboxylic acids is 1. The summed E-state index contributed by atoms with van der Waals surface area (Å²) in [4.78, 5) is 11.9. The van der Waals surface area contributed by atoms with Crippen LogP contribution in [0.1, 0.15) is 29.6 Å². The van der Waals surface area contributed by atoms with Crippen LogP contribution in [0, 0.1) is 0 Å². The van der Waals surface area contributed by atoms with Crippen LogP contribution in [0.4, 0.5) is 5.69 Å². The molecule has 1 aliphatic carbocycles. The zero-order chi connectivity index (χ0) is 12.3. The van der Waals surface area contributed by atoms with Crippen LogP contribution in [0.25, 0.3) is 0 Å². The first-order valence-electron chi connectivity index (χ1n) is 5.91. The molecule has 2 rings (SSSR count). The smallest absolute Gasteiger partial charge is 0.164 e. The Morgan fingerprint density at radius 1 is 1.53 bits per heavy atom. The summed E-state index contributed by atoms with van der Waals surface area (Å²) in [6, 6.07) is 5.81. The molecule has 17 heavy (non-hydrogen) atoms. The number of ketones is 1. The van der Waals surface area contributed by atoms with Gasteiger partial charge in [0, 0.05) is 24.6 Å². The monoisotopic (exact) mass is 234 g/mol. The largest absolute Gasteiger partial charge is 0.495 e. The Morgan fingerprint density at radius 3 is 2.88 bits per heavy atom. The van der Waals surface area contributed by atoms with Gasteiger partial charge in [0.2, 0.25) is 0 Å². The molecule has 0 aromatic heterocycles. The van der Waals surface area contributed by atoms with Crippen molar-refractivity contribution in [3.05, 3.63) is 23.8 Å². The first kappa shape index (κ1) is 11.9. The van der Waals surface area contributed by atoms with Crippen molar-refractivity contribution in [3.63, 3.8) is 0 Å². The third kappa shape index (κ3) is 3.20. The lowest BCUT2D eigenvalue weighted by Gasteiger charge is -2.07. The fraction of sp³-hybridized carbons (Fsp3) is 0.462. The maximum atomic E-state index is 11.9.